The van der Waals surface area contributed by atoms with E-state index in [2.05, 4.69) is 31.1 Å². The van der Waals surface area contributed by atoms with E-state index in [9.17, 15) is 4.79 Å². The molecule has 1 unspecified atom stereocenters. The molecule has 1 aromatic rings. The Morgan fingerprint density at radius 1 is 1.53 bits per heavy atom. The highest BCUT2D eigenvalue weighted by Crippen LogP contribution is 2.17. The minimum atomic E-state index is -0.537. The molecule has 1 heterocycles. The molecular formula is C12H20N4O. The van der Waals surface area contributed by atoms with Gasteiger partial charge >= 0.3 is 0 Å². The van der Waals surface area contributed by atoms with Crippen molar-refractivity contribution in [2.45, 2.75) is 33.2 Å². The fourth-order valence-corrected chi connectivity index (χ4v) is 1.69. The number of primary amides is 1. The Hall–Kier alpha value is -1.78. The summed E-state index contributed by atoms with van der Waals surface area (Å²) in [5, 5.41) is 3.28. The van der Waals surface area contributed by atoms with Crippen LogP contribution < -0.4 is 16.8 Å². The second-order valence-electron chi connectivity index (χ2n) is 4.42. The third-order valence-corrected chi connectivity index (χ3v) is 2.78. The van der Waals surface area contributed by atoms with Gasteiger partial charge < -0.3 is 16.8 Å². The average molecular weight is 236 g/mol. The summed E-state index contributed by atoms with van der Waals surface area (Å²) in [6, 6.07) is 1.91. The van der Waals surface area contributed by atoms with Crippen molar-refractivity contribution in [3.8, 4) is 0 Å². The lowest BCUT2D eigenvalue weighted by Crippen LogP contribution is -2.25. The zero-order valence-corrected chi connectivity index (χ0v) is 10.5. The predicted octanol–water partition coefficient (Wildman–Crippen LogP) is 1.61. The number of carbonyl (C=O) groups is 1. The summed E-state index contributed by atoms with van der Waals surface area (Å²) in [6.45, 7) is 6.37. The lowest BCUT2D eigenvalue weighted by molar-refractivity contribution is 0.100. The fraction of sp³-hybridized carbons (Fsp3) is 0.500. The van der Waals surface area contributed by atoms with Crippen molar-refractivity contribution in [2.24, 2.45) is 11.7 Å². The van der Waals surface area contributed by atoms with Crippen LogP contribution in [0.4, 0.5) is 11.5 Å². The third kappa shape index (κ3) is 3.34. The number of aromatic nitrogens is 1. The summed E-state index contributed by atoms with van der Waals surface area (Å²) in [7, 11) is 0. The van der Waals surface area contributed by atoms with Gasteiger partial charge in [-0.15, -0.1) is 0 Å². The van der Waals surface area contributed by atoms with Crippen LogP contribution in [0.15, 0.2) is 12.3 Å². The minimum absolute atomic E-state index is 0.306. The molecule has 0 aliphatic carbocycles. The summed E-state index contributed by atoms with van der Waals surface area (Å²) >= 11 is 0. The average Bonchev–Trinajstić information content (AvgIpc) is 2.27. The standard InChI is InChI=1S/C12H20N4O/c1-4-10(7(2)3)16-11-5-8(12(14)17)9(13)6-15-11/h5-7,10H,4,13H2,1-3H3,(H2,14,17)(H,15,16). The van der Waals surface area contributed by atoms with E-state index in [1.54, 1.807) is 6.07 Å². The SMILES string of the molecule is CCC(Nc1cc(C(N)=O)c(N)cn1)C(C)C. The van der Waals surface area contributed by atoms with Gasteiger partial charge in [-0.25, -0.2) is 4.98 Å². The molecule has 1 amide bonds. The first-order valence-corrected chi connectivity index (χ1v) is 5.77. The van der Waals surface area contributed by atoms with E-state index in [4.69, 9.17) is 11.5 Å². The van der Waals surface area contributed by atoms with E-state index in [1.807, 2.05) is 0 Å². The third-order valence-electron chi connectivity index (χ3n) is 2.78. The van der Waals surface area contributed by atoms with Crippen LogP contribution in [0.2, 0.25) is 0 Å². The number of nitrogens with two attached hydrogens (primary N) is 2. The highest BCUT2D eigenvalue weighted by atomic mass is 16.1. The van der Waals surface area contributed by atoms with E-state index >= 15 is 0 Å². The molecule has 5 N–H and O–H groups in total. The minimum Gasteiger partial charge on any atom is -0.397 e. The Labute approximate surface area is 102 Å². The summed E-state index contributed by atoms with van der Waals surface area (Å²) in [5.74, 6) is 0.579. The van der Waals surface area contributed by atoms with E-state index in [0.29, 0.717) is 29.0 Å². The summed E-state index contributed by atoms with van der Waals surface area (Å²) in [4.78, 5) is 15.3. The Morgan fingerprint density at radius 3 is 2.65 bits per heavy atom. The molecule has 17 heavy (non-hydrogen) atoms. The number of amides is 1. The lowest BCUT2D eigenvalue weighted by atomic mass is 10.0. The van der Waals surface area contributed by atoms with Crippen LogP contribution in [0.5, 0.6) is 0 Å². The molecule has 0 aliphatic heterocycles. The zero-order valence-electron chi connectivity index (χ0n) is 10.5. The molecule has 1 atom stereocenters. The number of hydrogen-bond donors (Lipinski definition) is 3. The second-order valence-corrected chi connectivity index (χ2v) is 4.42. The molecule has 0 fully saturated rings. The lowest BCUT2D eigenvalue weighted by Gasteiger charge is -2.21. The van der Waals surface area contributed by atoms with Crippen LogP contribution in [-0.4, -0.2) is 16.9 Å². The van der Waals surface area contributed by atoms with E-state index in [-0.39, 0.29) is 0 Å². The predicted molar refractivity (Wildman–Crippen MR) is 69.7 cm³/mol. The van der Waals surface area contributed by atoms with Gasteiger partial charge in [0.1, 0.15) is 5.82 Å². The molecule has 0 radical (unpaired) electrons. The molecule has 0 aliphatic rings. The smallest absolute Gasteiger partial charge is 0.250 e. The molecule has 94 valence electrons. The number of rotatable bonds is 5. The Kier molecular flexibility index (Phi) is 4.31. The van der Waals surface area contributed by atoms with Crippen LogP contribution in [0.25, 0.3) is 0 Å². The van der Waals surface area contributed by atoms with Gasteiger partial charge in [0.2, 0.25) is 0 Å². The number of nitrogens with one attached hydrogen (secondary N) is 1. The van der Waals surface area contributed by atoms with Gasteiger partial charge in [0, 0.05) is 6.04 Å². The van der Waals surface area contributed by atoms with Crippen molar-refractivity contribution in [2.75, 3.05) is 11.1 Å². The van der Waals surface area contributed by atoms with Gasteiger partial charge in [-0.05, 0) is 18.4 Å². The fourth-order valence-electron chi connectivity index (χ4n) is 1.69. The molecule has 5 heteroatoms. The van der Waals surface area contributed by atoms with Crippen LogP contribution in [0.1, 0.15) is 37.6 Å². The van der Waals surface area contributed by atoms with Crippen molar-refractivity contribution in [1.29, 1.82) is 0 Å². The van der Waals surface area contributed by atoms with Gasteiger partial charge in [0.05, 0.1) is 17.4 Å². The quantitative estimate of drug-likeness (QED) is 0.724. The molecule has 0 bridgehead atoms. The van der Waals surface area contributed by atoms with Gasteiger partial charge in [-0.3, -0.25) is 4.79 Å². The maximum atomic E-state index is 11.1. The van der Waals surface area contributed by atoms with Gasteiger partial charge in [-0.2, -0.15) is 0 Å². The first kappa shape index (κ1) is 13.3. The van der Waals surface area contributed by atoms with E-state index < -0.39 is 5.91 Å². The monoisotopic (exact) mass is 236 g/mol. The van der Waals surface area contributed by atoms with Crippen molar-refractivity contribution >= 4 is 17.4 Å². The maximum Gasteiger partial charge on any atom is 0.250 e. The summed E-state index contributed by atoms with van der Waals surface area (Å²) < 4.78 is 0. The van der Waals surface area contributed by atoms with Crippen molar-refractivity contribution in [3.63, 3.8) is 0 Å². The van der Waals surface area contributed by atoms with Crippen LogP contribution in [-0.2, 0) is 0 Å². The maximum absolute atomic E-state index is 11.1. The summed E-state index contributed by atoms with van der Waals surface area (Å²) in [5.41, 5.74) is 11.5. The Balaban J connectivity index is 2.92. The Bertz CT molecular complexity index is 403. The number of anilines is 2. The number of carbonyl (C=O) groups excluding carboxylic acids is 1. The number of nitrogens with zero attached hydrogens (tertiary/aromatic N) is 1. The topological polar surface area (TPSA) is 94.0 Å². The summed E-state index contributed by atoms with van der Waals surface area (Å²) in [6.07, 6.45) is 2.44. The van der Waals surface area contributed by atoms with Crippen molar-refractivity contribution < 1.29 is 4.79 Å². The molecule has 0 saturated carbocycles. The van der Waals surface area contributed by atoms with Crippen LogP contribution in [0.3, 0.4) is 0 Å². The number of nitrogen functional groups attached to an aromatic ring is 1. The van der Waals surface area contributed by atoms with Crippen molar-refractivity contribution in [1.82, 2.24) is 4.98 Å². The largest absolute Gasteiger partial charge is 0.397 e. The zero-order chi connectivity index (χ0) is 13.0. The molecule has 1 aromatic heterocycles. The molecule has 0 spiro atoms. The molecular weight excluding hydrogens is 216 g/mol. The molecule has 0 saturated heterocycles. The molecule has 1 rings (SSSR count). The highest BCUT2D eigenvalue weighted by molar-refractivity contribution is 5.98. The number of hydrogen-bond acceptors (Lipinski definition) is 4. The first-order valence-electron chi connectivity index (χ1n) is 5.77. The second kappa shape index (κ2) is 5.52. The first-order chi connectivity index (χ1) is 7.95. The molecule has 5 nitrogen and oxygen atoms in total. The Morgan fingerprint density at radius 2 is 2.18 bits per heavy atom. The highest BCUT2D eigenvalue weighted by Gasteiger charge is 2.13. The van der Waals surface area contributed by atoms with Crippen molar-refractivity contribution in [3.05, 3.63) is 17.8 Å². The van der Waals surface area contributed by atoms with Gasteiger partial charge in [0.25, 0.3) is 5.91 Å². The number of pyridine rings is 1. The van der Waals surface area contributed by atoms with Gasteiger partial charge in [0.15, 0.2) is 0 Å². The van der Waals surface area contributed by atoms with Crippen LogP contribution in [0, 0.1) is 5.92 Å². The van der Waals surface area contributed by atoms with Crippen LogP contribution >= 0.6 is 0 Å². The normalized spacial score (nSPS) is 12.5. The molecule has 0 aromatic carbocycles. The van der Waals surface area contributed by atoms with Gasteiger partial charge in [-0.1, -0.05) is 20.8 Å². The van der Waals surface area contributed by atoms with E-state index in [1.165, 1.54) is 6.20 Å². The van der Waals surface area contributed by atoms with E-state index in [0.717, 1.165) is 6.42 Å².